The fourth-order valence-electron chi connectivity index (χ4n) is 3.17. The van der Waals surface area contributed by atoms with Crippen LogP contribution in [-0.2, 0) is 13.0 Å². The first-order chi connectivity index (χ1) is 12.6. The second-order valence-electron chi connectivity index (χ2n) is 6.05. The molecule has 0 aromatic heterocycles. The van der Waals surface area contributed by atoms with E-state index in [1.165, 1.54) is 5.56 Å². The molecule has 0 unspecified atom stereocenters. The standard InChI is InChI=1S/C20H23NO5/c1-23-16-7-14(8-17(11-16)24-2)20(22)21-6-5-13-9-18(25-3)19(26-4)10-15(13)12-21/h7-11H,5-6,12H2,1-4H3. The SMILES string of the molecule is COc1cc(OC)cc(C(=O)N2CCc3cc(OC)c(OC)cc3C2)c1. The molecule has 6 nitrogen and oxygen atoms in total. The van der Waals surface area contributed by atoms with Gasteiger partial charge in [-0.2, -0.15) is 0 Å². The fourth-order valence-corrected chi connectivity index (χ4v) is 3.17. The van der Waals surface area contributed by atoms with E-state index in [1.807, 2.05) is 17.0 Å². The Morgan fingerprint density at radius 1 is 0.808 bits per heavy atom. The van der Waals surface area contributed by atoms with Crippen LogP contribution in [0.2, 0.25) is 0 Å². The van der Waals surface area contributed by atoms with Crippen LogP contribution in [0.15, 0.2) is 30.3 Å². The first kappa shape index (κ1) is 17.9. The van der Waals surface area contributed by atoms with Gasteiger partial charge in [-0.15, -0.1) is 0 Å². The molecule has 26 heavy (non-hydrogen) atoms. The summed E-state index contributed by atoms with van der Waals surface area (Å²) >= 11 is 0. The van der Waals surface area contributed by atoms with Crippen molar-refractivity contribution in [3.63, 3.8) is 0 Å². The summed E-state index contributed by atoms with van der Waals surface area (Å²) in [6.07, 6.45) is 0.766. The summed E-state index contributed by atoms with van der Waals surface area (Å²) in [5.74, 6) is 2.52. The van der Waals surface area contributed by atoms with Gasteiger partial charge in [0.1, 0.15) is 11.5 Å². The first-order valence-corrected chi connectivity index (χ1v) is 8.35. The van der Waals surface area contributed by atoms with Crippen molar-refractivity contribution in [2.75, 3.05) is 35.0 Å². The smallest absolute Gasteiger partial charge is 0.254 e. The van der Waals surface area contributed by atoms with E-state index >= 15 is 0 Å². The average Bonchev–Trinajstić information content (AvgIpc) is 2.71. The molecular weight excluding hydrogens is 334 g/mol. The lowest BCUT2D eigenvalue weighted by molar-refractivity contribution is 0.0733. The van der Waals surface area contributed by atoms with Gasteiger partial charge in [-0.05, 0) is 41.8 Å². The number of hydrogen-bond acceptors (Lipinski definition) is 5. The molecule has 0 saturated carbocycles. The molecule has 0 N–H and O–H groups in total. The van der Waals surface area contributed by atoms with Crippen LogP contribution < -0.4 is 18.9 Å². The minimum atomic E-state index is -0.0531. The Bertz CT molecular complexity index is 796. The van der Waals surface area contributed by atoms with E-state index in [4.69, 9.17) is 18.9 Å². The quantitative estimate of drug-likeness (QED) is 0.824. The van der Waals surface area contributed by atoms with Crippen molar-refractivity contribution < 1.29 is 23.7 Å². The minimum absolute atomic E-state index is 0.0531. The molecule has 1 heterocycles. The topological polar surface area (TPSA) is 57.2 Å². The summed E-state index contributed by atoms with van der Waals surface area (Å²) in [7, 11) is 6.37. The van der Waals surface area contributed by atoms with Gasteiger partial charge in [0.25, 0.3) is 5.91 Å². The second kappa shape index (κ2) is 7.56. The molecule has 1 aliphatic heterocycles. The van der Waals surface area contributed by atoms with E-state index in [1.54, 1.807) is 46.6 Å². The summed E-state index contributed by atoms with van der Waals surface area (Å²) in [6.45, 7) is 1.16. The summed E-state index contributed by atoms with van der Waals surface area (Å²) in [4.78, 5) is 14.8. The van der Waals surface area contributed by atoms with Crippen molar-refractivity contribution in [2.45, 2.75) is 13.0 Å². The Hall–Kier alpha value is -2.89. The lowest BCUT2D eigenvalue weighted by atomic mass is 9.98. The number of ether oxygens (including phenoxy) is 4. The zero-order valence-electron chi connectivity index (χ0n) is 15.5. The maximum Gasteiger partial charge on any atom is 0.254 e. The van der Waals surface area contributed by atoms with Gasteiger partial charge in [-0.3, -0.25) is 4.79 Å². The zero-order chi connectivity index (χ0) is 18.7. The number of amides is 1. The molecule has 0 radical (unpaired) electrons. The molecule has 0 bridgehead atoms. The van der Waals surface area contributed by atoms with Crippen LogP contribution in [0.4, 0.5) is 0 Å². The van der Waals surface area contributed by atoms with Crippen LogP contribution in [-0.4, -0.2) is 45.8 Å². The molecule has 0 atom stereocenters. The predicted molar refractivity (Wildman–Crippen MR) is 97.5 cm³/mol. The van der Waals surface area contributed by atoms with Crippen LogP contribution >= 0.6 is 0 Å². The molecular formula is C20H23NO5. The molecule has 0 fully saturated rings. The van der Waals surface area contributed by atoms with Crippen molar-refractivity contribution in [2.24, 2.45) is 0 Å². The number of nitrogens with zero attached hydrogens (tertiary/aromatic N) is 1. The lowest BCUT2D eigenvalue weighted by Crippen LogP contribution is -2.36. The number of fused-ring (bicyclic) bond motifs is 1. The highest BCUT2D eigenvalue weighted by atomic mass is 16.5. The third kappa shape index (κ3) is 3.40. The molecule has 3 rings (SSSR count). The zero-order valence-corrected chi connectivity index (χ0v) is 15.5. The molecule has 1 aliphatic rings. The fraction of sp³-hybridized carbons (Fsp3) is 0.350. The van der Waals surface area contributed by atoms with Gasteiger partial charge in [-0.1, -0.05) is 0 Å². The maximum absolute atomic E-state index is 13.0. The Morgan fingerprint density at radius 3 is 1.92 bits per heavy atom. The molecule has 0 aliphatic carbocycles. The van der Waals surface area contributed by atoms with Gasteiger partial charge in [0.15, 0.2) is 11.5 Å². The number of methoxy groups -OCH3 is 4. The van der Waals surface area contributed by atoms with Gasteiger partial charge in [0.2, 0.25) is 0 Å². The third-order valence-corrected chi connectivity index (χ3v) is 4.60. The van der Waals surface area contributed by atoms with Crippen LogP contribution in [0, 0.1) is 0 Å². The van der Waals surface area contributed by atoms with Crippen molar-refractivity contribution in [1.82, 2.24) is 4.90 Å². The second-order valence-corrected chi connectivity index (χ2v) is 6.05. The van der Waals surface area contributed by atoms with Crippen molar-refractivity contribution in [3.05, 3.63) is 47.0 Å². The number of benzene rings is 2. The Morgan fingerprint density at radius 2 is 1.38 bits per heavy atom. The predicted octanol–water partition coefficient (Wildman–Crippen LogP) is 2.92. The number of hydrogen-bond donors (Lipinski definition) is 0. The number of rotatable bonds is 5. The lowest BCUT2D eigenvalue weighted by Gasteiger charge is -2.30. The summed E-state index contributed by atoms with van der Waals surface area (Å²) in [6, 6.07) is 9.15. The van der Waals surface area contributed by atoms with Gasteiger partial charge >= 0.3 is 0 Å². The van der Waals surface area contributed by atoms with E-state index < -0.39 is 0 Å². The van der Waals surface area contributed by atoms with Crippen LogP contribution in [0.25, 0.3) is 0 Å². The van der Waals surface area contributed by atoms with Gasteiger partial charge < -0.3 is 23.8 Å². The van der Waals surface area contributed by atoms with Crippen LogP contribution in [0.3, 0.4) is 0 Å². The molecule has 0 saturated heterocycles. The Balaban J connectivity index is 1.87. The molecule has 2 aromatic rings. The van der Waals surface area contributed by atoms with Gasteiger partial charge in [0.05, 0.1) is 28.4 Å². The van der Waals surface area contributed by atoms with Gasteiger partial charge in [-0.25, -0.2) is 0 Å². The van der Waals surface area contributed by atoms with E-state index in [9.17, 15) is 4.79 Å². The van der Waals surface area contributed by atoms with Crippen molar-refractivity contribution in [3.8, 4) is 23.0 Å². The van der Waals surface area contributed by atoms with Crippen LogP contribution in [0.1, 0.15) is 21.5 Å². The number of carbonyl (C=O) groups excluding carboxylic acids is 1. The minimum Gasteiger partial charge on any atom is -0.497 e. The van der Waals surface area contributed by atoms with E-state index in [2.05, 4.69) is 0 Å². The maximum atomic E-state index is 13.0. The van der Waals surface area contributed by atoms with Crippen molar-refractivity contribution in [1.29, 1.82) is 0 Å². The highest BCUT2D eigenvalue weighted by Gasteiger charge is 2.24. The highest BCUT2D eigenvalue weighted by molar-refractivity contribution is 5.95. The van der Waals surface area contributed by atoms with Crippen LogP contribution in [0.5, 0.6) is 23.0 Å². The van der Waals surface area contributed by atoms with Gasteiger partial charge in [0, 0.05) is 24.7 Å². The molecule has 2 aromatic carbocycles. The Labute approximate surface area is 153 Å². The highest BCUT2D eigenvalue weighted by Crippen LogP contribution is 2.34. The van der Waals surface area contributed by atoms with E-state index in [0.717, 1.165) is 12.0 Å². The summed E-state index contributed by atoms with van der Waals surface area (Å²) in [5, 5.41) is 0. The molecule has 6 heteroatoms. The monoisotopic (exact) mass is 357 g/mol. The third-order valence-electron chi connectivity index (χ3n) is 4.60. The molecule has 138 valence electrons. The average molecular weight is 357 g/mol. The van der Waals surface area contributed by atoms with E-state index in [0.29, 0.717) is 41.7 Å². The summed E-state index contributed by atoms with van der Waals surface area (Å²) < 4.78 is 21.3. The van der Waals surface area contributed by atoms with E-state index in [-0.39, 0.29) is 5.91 Å². The summed E-state index contributed by atoms with van der Waals surface area (Å²) in [5.41, 5.74) is 2.79. The molecule has 0 spiro atoms. The Kier molecular flexibility index (Phi) is 5.21. The number of carbonyl (C=O) groups is 1. The largest absolute Gasteiger partial charge is 0.497 e. The normalized spacial score (nSPS) is 13.0. The first-order valence-electron chi connectivity index (χ1n) is 8.35. The molecule has 1 amide bonds. The van der Waals surface area contributed by atoms with Crippen molar-refractivity contribution >= 4 is 5.91 Å².